The number of aromatic nitrogens is 2. The van der Waals surface area contributed by atoms with Crippen LogP contribution in [0.25, 0.3) is 0 Å². The third kappa shape index (κ3) is 2.45. The molecule has 1 aliphatic rings. The van der Waals surface area contributed by atoms with E-state index in [4.69, 9.17) is 0 Å². The van der Waals surface area contributed by atoms with Crippen molar-refractivity contribution in [1.29, 1.82) is 0 Å². The van der Waals surface area contributed by atoms with Crippen molar-refractivity contribution in [3.8, 4) is 0 Å². The average Bonchev–Trinajstić information content (AvgIpc) is 2.78. The van der Waals surface area contributed by atoms with Gasteiger partial charge < -0.3 is 5.32 Å². The van der Waals surface area contributed by atoms with Gasteiger partial charge in [0, 0.05) is 6.04 Å². The van der Waals surface area contributed by atoms with Crippen LogP contribution >= 0.6 is 0 Å². The average molecular weight is 269 g/mol. The van der Waals surface area contributed by atoms with Crippen molar-refractivity contribution in [3.05, 3.63) is 46.3 Å². The van der Waals surface area contributed by atoms with Crippen molar-refractivity contribution < 1.29 is 0 Å². The van der Waals surface area contributed by atoms with Gasteiger partial charge in [-0.25, -0.2) is 0 Å². The summed E-state index contributed by atoms with van der Waals surface area (Å²) in [7, 11) is 0. The third-order valence-corrected chi connectivity index (χ3v) is 4.36. The molecule has 1 aliphatic carbocycles. The van der Waals surface area contributed by atoms with E-state index in [0.29, 0.717) is 6.04 Å². The lowest BCUT2D eigenvalue weighted by Crippen LogP contribution is -2.10. The first kappa shape index (κ1) is 13.2. The van der Waals surface area contributed by atoms with Crippen molar-refractivity contribution in [2.24, 2.45) is 0 Å². The Balaban J connectivity index is 1.82. The number of nitrogens with zero attached hydrogens (tertiary/aromatic N) is 1. The molecule has 0 fully saturated rings. The van der Waals surface area contributed by atoms with Gasteiger partial charge in [0.15, 0.2) is 0 Å². The Labute approximate surface area is 120 Å². The van der Waals surface area contributed by atoms with Crippen LogP contribution in [0.15, 0.2) is 18.2 Å². The Kier molecular flexibility index (Phi) is 3.51. The molecule has 1 atom stereocenters. The van der Waals surface area contributed by atoms with E-state index >= 15 is 0 Å². The Morgan fingerprint density at radius 1 is 1.15 bits per heavy atom. The van der Waals surface area contributed by atoms with Crippen molar-refractivity contribution in [2.75, 3.05) is 5.32 Å². The summed E-state index contributed by atoms with van der Waals surface area (Å²) < 4.78 is 0. The highest BCUT2D eigenvalue weighted by Gasteiger charge is 2.14. The van der Waals surface area contributed by atoms with Gasteiger partial charge in [-0.15, -0.1) is 0 Å². The molecule has 3 nitrogen and oxygen atoms in total. The molecule has 0 radical (unpaired) electrons. The first-order chi connectivity index (χ1) is 9.65. The summed E-state index contributed by atoms with van der Waals surface area (Å²) in [6.07, 6.45) is 5.16. The van der Waals surface area contributed by atoms with E-state index in [1.165, 1.54) is 31.2 Å². The normalized spacial score (nSPS) is 15.8. The quantitative estimate of drug-likeness (QED) is 0.881. The molecule has 20 heavy (non-hydrogen) atoms. The molecule has 1 aromatic carbocycles. The zero-order chi connectivity index (χ0) is 14.1. The van der Waals surface area contributed by atoms with Gasteiger partial charge in [-0.05, 0) is 63.1 Å². The van der Waals surface area contributed by atoms with Gasteiger partial charge in [0.05, 0.1) is 17.1 Å². The van der Waals surface area contributed by atoms with Gasteiger partial charge in [-0.2, -0.15) is 5.10 Å². The molecule has 2 N–H and O–H groups in total. The molecule has 0 saturated heterocycles. The molecule has 106 valence electrons. The van der Waals surface area contributed by atoms with E-state index < -0.39 is 0 Å². The van der Waals surface area contributed by atoms with E-state index in [0.717, 1.165) is 17.1 Å². The number of anilines is 1. The van der Waals surface area contributed by atoms with Crippen molar-refractivity contribution in [1.82, 2.24) is 10.2 Å². The first-order valence-corrected chi connectivity index (χ1v) is 7.55. The predicted octanol–water partition coefficient (Wildman–Crippen LogP) is 4.08. The second-order valence-electron chi connectivity index (χ2n) is 5.91. The van der Waals surface area contributed by atoms with E-state index in [-0.39, 0.29) is 0 Å². The van der Waals surface area contributed by atoms with Crippen LogP contribution in [-0.2, 0) is 12.8 Å². The van der Waals surface area contributed by atoms with E-state index in [1.807, 2.05) is 6.92 Å². The van der Waals surface area contributed by atoms with Crippen LogP contribution in [0.4, 0.5) is 5.69 Å². The number of hydrogen-bond acceptors (Lipinski definition) is 2. The molecule has 0 spiro atoms. The molecule has 3 heteroatoms. The number of hydrogen-bond donors (Lipinski definition) is 2. The zero-order valence-corrected chi connectivity index (χ0v) is 12.6. The van der Waals surface area contributed by atoms with Crippen molar-refractivity contribution >= 4 is 5.69 Å². The van der Waals surface area contributed by atoms with Gasteiger partial charge >= 0.3 is 0 Å². The second kappa shape index (κ2) is 5.31. The predicted molar refractivity (Wildman–Crippen MR) is 83.2 cm³/mol. The minimum Gasteiger partial charge on any atom is -0.376 e. The molecule has 3 rings (SSSR count). The van der Waals surface area contributed by atoms with Gasteiger partial charge in [-0.1, -0.05) is 18.2 Å². The highest BCUT2D eigenvalue weighted by atomic mass is 15.2. The van der Waals surface area contributed by atoms with Crippen LogP contribution < -0.4 is 5.32 Å². The van der Waals surface area contributed by atoms with Crippen LogP contribution in [0.3, 0.4) is 0 Å². The summed E-state index contributed by atoms with van der Waals surface area (Å²) in [5.74, 6) is 0. The largest absolute Gasteiger partial charge is 0.376 e. The highest BCUT2D eigenvalue weighted by Crippen LogP contribution is 2.27. The second-order valence-corrected chi connectivity index (χ2v) is 5.91. The summed E-state index contributed by atoms with van der Waals surface area (Å²) in [6, 6.07) is 7.28. The van der Waals surface area contributed by atoms with Crippen LogP contribution in [0.1, 0.15) is 53.9 Å². The Morgan fingerprint density at radius 2 is 1.90 bits per heavy atom. The number of H-pyrrole nitrogens is 1. The fourth-order valence-electron chi connectivity index (χ4n) is 3.09. The lowest BCUT2D eigenvalue weighted by molar-refractivity contribution is 0.683. The molecular formula is C17H23N3. The SMILES string of the molecule is Cc1n[nH]c(C)c1NC(C)c1ccc2c(c1)CCCC2. The molecule has 0 saturated carbocycles. The lowest BCUT2D eigenvalue weighted by Gasteiger charge is -2.20. The third-order valence-electron chi connectivity index (χ3n) is 4.36. The molecular weight excluding hydrogens is 246 g/mol. The van der Waals surface area contributed by atoms with E-state index in [1.54, 1.807) is 11.1 Å². The summed E-state index contributed by atoms with van der Waals surface area (Å²) in [4.78, 5) is 0. The molecule has 0 amide bonds. The summed E-state index contributed by atoms with van der Waals surface area (Å²) in [5.41, 5.74) is 7.73. The standard InChI is InChI=1S/C17H23N3/c1-11(18-17-12(2)19-20-13(17)3)15-9-8-14-6-4-5-7-16(14)10-15/h8-11,18H,4-7H2,1-3H3,(H,19,20). The molecule has 0 bridgehead atoms. The summed E-state index contributed by atoms with van der Waals surface area (Å²) in [5, 5.41) is 10.9. The fraction of sp³-hybridized carbons (Fsp3) is 0.471. The first-order valence-electron chi connectivity index (χ1n) is 7.55. The van der Waals surface area contributed by atoms with Crippen molar-refractivity contribution in [3.63, 3.8) is 0 Å². The summed E-state index contributed by atoms with van der Waals surface area (Å²) >= 11 is 0. The van der Waals surface area contributed by atoms with Crippen LogP contribution in [-0.4, -0.2) is 10.2 Å². The monoisotopic (exact) mass is 269 g/mol. The van der Waals surface area contributed by atoms with Gasteiger partial charge in [0.25, 0.3) is 0 Å². The lowest BCUT2D eigenvalue weighted by atomic mass is 9.89. The summed E-state index contributed by atoms with van der Waals surface area (Å²) in [6.45, 7) is 6.31. The van der Waals surface area contributed by atoms with Crippen LogP contribution in [0.5, 0.6) is 0 Å². The maximum Gasteiger partial charge on any atom is 0.0825 e. The highest BCUT2D eigenvalue weighted by molar-refractivity contribution is 5.53. The topological polar surface area (TPSA) is 40.7 Å². The van der Waals surface area contributed by atoms with Gasteiger partial charge in [0.1, 0.15) is 0 Å². The minimum atomic E-state index is 0.303. The maximum absolute atomic E-state index is 4.25. The number of benzene rings is 1. The smallest absolute Gasteiger partial charge is 0.0825 e. The van der Waals surface area contributed by atoms with Crippen LogP contribution in [0, 0.1) is 13.8 Å². The van der Waals surface area contributed by atoms with Crippen molar-refractivity contribution in [2.45, 2.75) is 52.5 Å². The number of rotatable bonds is 3. The maximum atomic E-state index is 4.25. The Bertz CT molecular complexity index is 593. The Hall–Kier alpha value is -1.77. The number of nitrogens with one attached hydrogen (secondary N) is 2. The van der Waals surface area contributed by atoms with Gasteiger partial charge in [0.2, 0.25) is 0 Å². The van der Waals surface area contributed by atoms with Crippen LogP contribution in [0.2, 0.25) is 0 Å². The number of aromatic amines is 1. The van der Waals surface area contributed by atoms with E-state index in [2.05, 4.69) is 47.6 Å². The molecule has 1 unspecified atom stereocenters. The van der Waals surface area contributed by atoms with E-state index in [9.17, 15) is 0 Å². The number of aryl methyl sites for hydroxylation is 4. The van der Waals surface area contributed by atoms with Gasteiger partial charge in [-0.3, -0.25) is 5.10 Å². The molecule has 1 heterocycles. The molecule has 0 aliphatic heterocycles. The Morgan fingerprint density at radius 3 is 2.60 bits per heavy atom. The molecule has 2 aromatic rings. The minimum absolute atomic E-state index is 0.303. The number of fused-ring (bicyclic) bond motifs is 1. The molecule has 1 aromatic heterocycles. The zero-order valence-electron chi connectivity index (χ0n) is 12.6. The fourth-order valence-corrected chi connectivity index (χ4v) is 3.09.